The van der Waals surface area contributed by atoms with Gasteiger partial charge in [0.05, 0.1) is 0 Å². The molecule has 2 unspecified atom stereocenters. The van der Waals surface area contributed by atoms with Gasteiger partial charge in [0.25, 0.3) is 5.91 Å². The third-order valence-electron chi connectivity index (χ3n) is 4.43. The SMILES string of the molecule is CC(NC(=O)c1ccccc1)C(=O)OC(C)C(=O)c1ccc(C(C)(C)C)cc1. The van der Waals surface area contributed by atoms with Crippen LogP contribution in [0.4, 0.5) is 0 Å². The standard InChI is InChI=1S/C23H27NO4/c1-15(24-21(26)18-9-7-6-8-10-18)22(27)28-16(2)20(25)17-11-13-19(14-12-17)23(3,4)5/h6-16H,1-5H3,(H,24,26). The Morgan fingerprint density at radius 2 is 1.43 bits per heavy atom. The number of ketones is 1. The number of ether oxygens (including phenoxy) is 1. The minimum atomic E-state index is -0.941. The first-order valence-electron chi connectivity index (χ1n) is 9.30. The van der Waals surface area contributed by atoms with Crippen LogP contribution in [0.3, 0.4) is 0 Å². The molecule has 2 atom stereocenters. The number of hydrogen-bond acceptors (Lipinski definition) is 4. The number of Topliss-reactive ketones (excluding diaryl/α,β-unsaturated/α-hetero) is 1. The molecule has 0 fully saturated rings. The fourth-order valence-corrected chi connectivity index (χ4v) is 2.63. The summed E-state index contributed by atoms with van der Waals surface area (Å²) in [6.45, 7) is 9.35. The maximum atomic E-state index is 12.5. The van der Waals surface area contributed by atoms with Crippen molar-refractivity contribution in [2.45, 2.75) is 52.2 Å². The lowest BCUT2D eigenvalue weighted by Gasteiger charge is -2.20. The van der Waals surface area contributed by atoms with Gasteiger partial charge in [-0.2, -0.15) is 0 Å². The molecule has 28 heavy (non-hydrogen) atoms. The molecule has 0 saturated heterocycles. The van der Waals surface area contributed by atoms with E-state index in [4.69, 9.17) is 4.74 Å². The molecule has 148 valence electrons. The van der Waals surface area contributed by atoms with Crippen LogP contribution in [-0.4, -0.2) is 29.8 Å². The van der Waals surface area contributed by atoms with Crippen molar-refractivity contribution in [2.24, 2.45) is 0 Å². The lowest BCUT2D eigenvalue weighted by molar-refractivity contribution is -0.148. The summed E-state index contributed by atoms with van der Waals surface area (Å²) >= 11 is 0. The van der Waals surface area contributed by atoms with Gasteiger partial charge in [0, 0.05) is 11.1 Å². The zero-order chi connectivity index (χ0) is 20.9. The van der Waals surface area contributed by atoms with Crippen LogP contribution in [0.15, 0.2) is 54.6 Å². The maximum absolute atomic E-state index is 12.5. The molecule has 2 rings (SSSR count). The Morgan fingerprint density at radius 3 is 1.96 bits per heavy atom. The summed E-state index contributed by atoms with van der Waals surface area (Å²) in [5.41, 5.74) is 2.04. The third-order valence-corrected chi connectivity index (χ3v) is 4.43. The maximum Gasteiger partial charge on any atom is 0.329 e. The highest BCUT2D eigenvalue weighted by atomic mass is 16.5. The molecule has 0 aliphatic rings. The normalized spacial score (nSPS) is 13.3. The van der Waals surface area contributed by atoms with Crippen molar-refractivity contribution in [3.05, 3.63) is 71.3 Å². The van der Waals surface area contributed by atoms with E-state index in [2.05, 4.69) is 26.1 Å². The summed E-state index contributed by atoms with van der Waals surface area (Å²) in [6.07, 6.45) is -0.941. The fourth-order valence-electron chi connectivity index (χ4n) is 2.63. The summed E-state index contributed by atoms with van der Waals surface area (Å²) in [5.74, 6) is -1.31. The molecular formula is C23H27NO4. The van der Waals surface area contributed by atoms with Crippen LogP contribution in [-0.2, 0) is 14.9 Å². The molecule has 1 amide bonds. The van der Waals surface area contributed by atoms with Crippen LogP contribution in [0.1, 0.15) is 60.9 Å². The Hall–Kier alpha value is -2.95. The first-order chi connectivity index (χ1) is 13.1. The Morgan fingerprint density at radius 1 is 0.857 bits per heavy atom. The summed E-state index contributed by atoms with van der Waals surface area (Å²) in [6, 6.07) is 15.0. The van der Waals surface area contributed by atoms with Crippen LogP contribution < -0.4 is 5.32 Å². The van der Waals surface area contributed by atoms with E-state index in [1.165, 1.54) is 13.8 Å². The zero-order valence-electron chi connectivity index (χ0n) is 17.0. The number of benzene rings is 2. The highest BCUT2D eigenvalue weighted by Gasteiger charge is 2.24. The number of esters is 1. The molecule has 0 aliphatic heterocycles. The van der Waals surface area contributed by atoms with Crippen LogP contribution in [0.2, 0.25) is 0 Å². The first-order valence-corrected chi connectivity index (χ1v) is 9.30. The smallest absolute Gasteiger partial charge is 0.329 e. The van der Waals surface area contributed by atoms with Gasteiger partial charge >= 0.3 is 5.97 Å². The highest BCUT2D eigenvalue weighted by Crippen LogP contribution is 2.22. The summed E-state index contributed by atoms with van der Waals surface area (Å²) in [7, 11) is 0. The van der Waals surface area contributed by atoms with E-state index in [0.717, 1.165) is 5.56 Å². The number of nitrogens with one attached hydrogen (secondary N) is 1. The monoisotopic (exact) mass is 381 g/mol. The molecule has 0 heterocycles. The number of carbonyl (C=O) groups is 3. The van der Waals surface area contributed by atoms with E-state index in [-0.39, 0.29) is 17.1 Å². The number of carbonyl (C=O) groups excluding carboxylic acids is 3. The van der Waals surface area contributed by atoms with E-state index >= 15 is 0 Å². The highest BCUT2D eigenvalue weighted by molar-refractivity contribution is 6.01. The second kappa shape index (κ2) is 8.83. The molecule has 0 bridgehead atoms. The molecule has 0 radical (unpaired) electrons. The lowest BCUT2D eigenvalue weighted by Crippen LogP contribution is -2.41. The molecule has 0 aromatic heterocycles. The lowest BCUT2D eigenvalue weighted by atomic mass is 9.86. The second-order valence-electron chi connectivity index (χ2n) is 7.83. The minimum absolute atomic E-state index is 0.00789. The van der Waals surface area contributed by atoms with Gasteiger partial charge < -0.3 is 10.1 Å². The van der Waals surface area contributed by atoms with Gasteiger partial charge in [-0.3, -0.25) is 9.59 Å². The Balaban J connectivity index is 1.95. The van der Waals surface area contributed by atoms with Crippen molar-refractivity contribution in [3.63, 3.8) is 0 Å². The number of hydrogen-bond donors (Lipinski definition) is 1. The number of rotatable bonds is 6. The fraction of sp³-hybridized carbons (Fsp3) is 0.348. The van der Waals surface area contributed by atoms with Crippen molar-refractivity contribution >= 4 is 17.7 Å². The Labute approximate surface area is 166 Å². The van der Waals surface area contributed by atoms with E-state index in [0.29, 0.717) is 11.1 Å². The van der Waals surface area contributed by atoms with Crippen LogP contribution >= 0.6 is 0 Å². The molecule has 1 N–H and O–H groups in total. The van der Waals surface area contributed by atoms with Crippen LogP contribution in [0, 0.1) is 0 Å². The molecule has 2 aromatic carbocycles. The van der Waals surface area contributed by atoms with Crippen molar-refractivity contribution in [1.82, 2.24) is 5.32 Å². The van der Waals surface area contributed by atoms with Crippen molar-refractivity contribution in [3.8, 4) is 0 Å². The molecule has 0 spiro atoms. The van der Waals surface area contributed by atoms with Gasteiger partial charge in [0.15, 0.2) is 6.10 Å². The quantitative estimate of drug-likeness (QED) is 0.608. The third kappa shape index (κ3) is 5.52. The average Bonchev–Trinajstić information content (AvgIpc) is 2.67. The molecule has 2 aromatic rings. The van der Waals surface area contributed by atoms with Gasteiger partial charge in [0.2, 0.25) is 5.78 Å². The topological polar surface area (TPSA) is 72.5 Å². The van der Waals surface area contributed by atoms with Gasteiger partial charge in [-0.15, -0.1) is 0 Å². The van der Waals surface area contributed by atoms with Crippen LogP contribution in [0.5, 0.6) is 0 Å². The summed E-state index contributed by atoms with van der Waals surface area (Å²) in [5, 5.41) is 2.58. The number of amides is 1. The Bertz CT molecular complexity index is 835. The van der Waals surface area contributed by atoms with E-state index in [9.17, 15) is 14.4 Å². The van der Waals surface area contributed by atoms with Crippen molar-refractivity contribution in [1.29, 1.82) is 0 Å². The predicted molar refractivity (Wildman–Crippen MR) is 108 cm³/mol. The minimum Gasteiger partial charge on any atom is -0.453 e. The largest absolute Gasteiger partial charge is 0.453 e. The van der Waals surface area contributed by atoms with Crippen LogP contribution in [0.25, 0.3) is 0 Å². The molecule has 5 nitrogen and oxygen atoms in total. The molecule has 5 heteroatoms. The first kappa shape index (κ1) is 21.4. The average molecular weight is 381 g/mol. The second-order valence-corrected chi connectivity index (χ2v) is 7.83. The molecule has 0 aliphatic carbocycles. The van der Waals surface area contributed by atoms with Gasteiger partial charge in [0.1, 0.15) is 6.04 Å². The summed E-state index contributed by atoms with van der Waals surface area (Å²) in [4.78, 5) is 36.9. The zero-order valence-corrected chi connectivity index (χ0v) is 17.0. The van der Waals surface area contributed by atoms with Gasteiger partial charge in [-0.05, 0) is 37.0 Å². The Kier molecular flexibility index (Phi) is 6.73. The van der Waals surface area contributed by atoms with Crippen molar-refractivity contribution in [2.75, 3.05) is 0 Å². The van der Waals surface area contributed by atoms with E-state index in [1.54, 1.807) is 42.5 Å². The van der Waals surface area contributed by atoms with Gasteiger partial charge in [-0.25, -0.2) is 4.79 Å². The van der Waals surface area contributed by atoms with E-state index in [1.807, 2.05) is 12.1 Å². The van der Waals surface area contributed by atoms with Crippen molar-refractivity contribution < 1.29 is 19.1 Å². The summed E-state index contributed by atoms with van der Waals surface area (Å²) < 4.78 is 5.26. The molecule has 0 saturated carbocycles. The van der Waals surface area contributed by atoms with E-state index < -0.39 is 18.1 Å². The molecular weight excluding hydrogens is 354 g/mol. The van der Waals surface area contributed by atoms with Gasteiger partial charge in [-0.1, -0.05) is 63.2 Å². The predicted octanol–water partition coefficient (Wildman–Crippen LogP) is 3.92.